The van der Waals surface area contributed by atoms with Crippen molar-refractivity contribution in [2.45, 2.75) is 0 Å². The molecule has 9 aromatic carbocycles. The molecular formula is C58H38N4. The van der Waals surface area contributed by atoms with Gasteiger partial charge in [0.15, 0.2) is 5.82 Å². The summed E-state index contributed by atoms with van der Waals surface area (Å²) in [5.41, 5.74) is 16.7. The molecule has 0 radical (unpaired) electrons. The minimum atomic E-state index is 0.715. The van der Waals surface area contributed by atoms with Crippen LogP contribution in [0.3, 0.4) is 0 Å². The number of benzene rings is 9. The predicted octanol–water partition coefficient (Wildman–Crippen LogP) is 15.0. The third-order valence-corrected chi connectivity index (χ3v) is 12.2. The van der Waals surface area contributed by atoms with Crippen molar-refractivity contribution < 1.29 is 0 Å². The van der Waals surface area contributed by atoms with E-state index >= 15 is 0 Å². The van der Waals surface area contributed by atoms with E-state index in [9.17, 15) is 0 Å². The standard InChI is InChI=1S/C58H38N4/c1-4-14-41(15-5-1)52-38-53(60-58(59-52)43-16-6-2-7-17-43)42-26-24-39(25-27-42)44-31-35-56-51(36-44)49-21-11-13-23-55(49)61(56)47-32-28-40(29-33-47)45-30-34-50-48-20-10-12-22-54(48)62(57(50)37-45)46-18-8-3-9-19-46/h1-38H. The van der Waals surface area contributed by atoms with Crippen molar-refractivity contribution in [3.05, 3.63) is 231 Å². The Bertz CT molecular complexity index is 3530. The topological polar surface area (TPSA) is 35.6 Å². The number of nitrogens with zero attached hydrogens (tertiary/aromatic N) is 4. The van der Waals surface area contributed by atoms with Crippen molar-refractivity contribution in [3.8, 4) is 67.5 Å². The highest BCUT2D eigenvalue weighted by Crippen LogP contribution is 2.38. The second-order valence-electron chi connectivity index (χ2n) is 15.8. The van der Waals surface area contributed by atoms with Crippen molar-refractivity contribution in [2.24, 2.45) is 0 Å². The van der Waals surface area contributed by atoms with Gasteiger partial charge in [0.25, 0.3) is 0 Å². The maximum absolute atomic E-state index is 5.05. The zero-order chi connectivity index (χ0) is 41.0. The number of fused-ring (bicyclic) bond motifs is 6. The number of hydrogen-bond donors (Lipinski definition) is 0. The van der Waals surface area contributed by atoms with Crippen LogP contribution < -0.4 is 0 Å². The first kappa shape index (κ1) is 35.6. The molecule has 0 unspecified atom stereocenters. The molecule has 0 atom stereocenters. The first-order chi connectivity index (χ1) is 30.7. The second-order valence-corrected chi connectivity index (χ2v) is 15.8. The number of para-hydroxylation sites is 3. The van der Waals surface area contributed by atoms with Gasteiger partial charge in [-0.05, 0) is 82.9 Å². The van der Waals surface area contributed by atoms with Crippen molar-refractivity contribution in [1.82, 2.24) is 19.1 Å². The molecule has 290 valence electrons. The zero-order valence-corrected chi connectivity index (χ0v) is 33.7. The van der Waals surface area contributed by atoms with Crippen LogP contribution in [-0.2, 0) is 0 Å². The van der Waals surface area contributed by atoms with Gasteiger partial charge in [0.2, 0.25) is 0 Å². The van der Waals surface area contributed by atoms with E-state index in [4.69, 9.17) is 9.97 Å². The fraction of sp³-hybridized carbons (Fsp3) is 0. The van der Waals surface area contributed by atoms with E-state index in [0.29, 0.717) is 5.82 Å². The van der Waals surface area contributed by atoms with E-state index in [1.807, 2.05) is 36.4 Å². The summed E-state index contributed by atoms with van der Waals surface area (Å²) in [4.78, 5) is 10.0. The number of aromatic nitrogens is 4. The lowest BCUT2D eigenvalue weighted by molar-refractivity contribution is 1.18. The molecule has 0 aliphatic heterocycles. The molecule has 3 aromatic heterocycles. The summed E-state index contributed by atoms with van der Waals surface area (Å²) in [6, 6.07) is 82.2. The molecule has 0 aliphatic carbocycles. The molecule has 0 saturated carbocycles. The lowest BCUT2D eigenvalue weighted by Crippen LogP contribution is -1.95. The molecule has 12 aromatic rings. The third-order valence-electron chi connectivity index (χ3n) is 12.2. The van der Waals surface area contributed by atoms with Crippen LogP contribution in [0, 0.1) is 0 Å². The summed E-state index contributed by atoms with van der Waals surface area (Å²) >= 11 is 0. The maximum Gasteiger partial charge on any atom is 0.160 e. The van der Waals surface area contributed by atoms with E-state index in [-0.39, 0.29) is 0 Å². The average molecular weight is 791 g/mol. The van der Waals surface area contributed by atoms with Gasteiger partial charge in [-0.15, -0.1) is 0 Å². The van der Waals surface area contributed by atoms with Gasteiger partial charge in [0.05, 0.1) is 33.5 Å². The van der Waals surface area contributed by atoms with Crippen molar-refractivity contribution >= 4 is 43.6 Å². The largest absolute Gasteiger partial charge is 0.309 e. The molecule has 0 amide bonds. The minimum absolute atomic E-state index is 0.715. The highest BCUT2D eigenvalue weighted by Gasteiger charge is 2.16. The maximum atomic E-state index is 5.05. The van der Waals surface area contributed by atoms with Crippen molar-refractivity contribution in [2.75, 3.05) is 0 Å². The van der Waals surface area contributed by atoms with E-state index in [0.717, 1.165) is 45.0 Å². The molecular weight excluding hydrogens is 753 g/mol. The van der Waals surface area contributed by atoms with Crippen LogP contribution in [0.15, 0.2) is 231 Å². The number of rotatable bonds is 7. The summed E-state index contributed by atoms with van der Waals surface area (Å²) < 4.78 is 4.77. The highest BCUT2D eigenvalue weighted by atomic mass is 15.0. The fourth-order valence-electron chi connectivity index (χ4n) is 9.14. The van der Waals surface area contributed by atoms with Crippen LogP contribution in [0.4, 0.5) is 0 Å². The number of hydrogen-bond acceptors (Lipinski definition) is 2. The van der Waals surface area contributed by atoms with Crippen molar-refractivity contribution in [1.29, 1.82) is 0 Å². The van der Waals surface area contributed by atoms with Crippen LogP contribution >= 0.6 is 0 Å². The van der Waals surface area contributed by atoms with Crippen LogP contribution in [0.1, 0.15) is 0 Å². The Morgan fingerprint density at radius 1 is 0.242 bits per heavy atom. The Labute approximate surface area is 359 Å². The Morgan fingerprint density at radius 3 is 1.32 bits per heavy atom. The van der Waals surface area contributed by atoms with Crippen LogP contribution in [0.2, 0.25) is 0 Å². The first-order valence-corrected chi connectivity index (χ1v) is 21.1. The van der Waals surface area contributed by atoms with Crippen LogP contribution in [0.25, 0.3) is 111 Å². The molecule has 12 rings (SSSR count). The van der Waals surface area contributed by atoms with E-state index in [1.165, 1.54) is 60.3 Å². The normalized spacial score (nSPS) is 11.5. The van der Waals surface area contributed by atoms with Gasteiger partial charge in [-0.25, -0.2) is 9.97 Å². The van der Waals surface area contributed by atoms with Crippen LogP contribution in [0.5, 0.6) is 0 Å². The monoisotopic (exact) mass is 790 g/mol. The lowest BCUT2D eigenvalue weighted by Gasteiger charge is -2.11. The van der Waals surface area contributed by atoms with E-state index < -0.39 is 0 Å². The predicted molar refractivity (Wildman–Crippen MR) is 258 cm³/mol. The van der Waals surface area contributed by atoms with Gasteiger partial charge in [-0.3, -0.25) is 0 Å². The Morgan fingerprint density at radius 2 is 0.661 bits per heavy atom. The lowest BCUT2D eigenvalue weighted by atomic mass is 10.00. The van der Waals surface area contributed by atoms with Gasteiger partial charge in [-0.2, -0.15) is 0 Å². The molecule has 4 nitrogen and oxygen atoms in total. The fourth-order valence-corrected chi connectivity index (χ4v) is 9.14. The molecule has 0 spiro atoms. The second kappa shape index (κ2) is 14.7. The third kappa shape index (κ3) is 6.08. The van der Waals surface area contributed by atoms with E-state index in [1.54, 1.807) is 0 Å². The van der Waals surface area contributed by atoms with Gasteiger partial charge in [0, 0.05) is 49.6 Å². The minimum Gasteiger partial charge on any atom is -0.309 e. The molecule has 3 heterocycles. The smallest absolute Gasteiger partial charge is 0.160 e. The SMILES string of the molecule is c1ccc(-c2cc(-c3ccc(-c4ccc5c(c4)c4ccccc4n5-c4ccc(-c5ccc6c7ccccc7n(-c7ccccc7)c6c5)cc4)cc3)nc(-c3ccccc3)n2)cc1. The van der Waals surface area contributed by atoms with Gasteiger partial charge in [-0.1, -0.05) is 170 Å². The molecule has 0 aliphatic rings. The molecule has 0 saturated heterocycles. The first-order valence-electron chi connectivity index (χ1n) is 21.1. The molecule has 62 heavy (non-hydrogen) atoms. The summed E-state index contributed by atoms with van der Waals surface area (Å²) in [6.45, 7) is 0. The molecule has 0 fully saturated rings. The summed E-state index contributed by atoms with van der Waals surface area (Å²) in [5, 5.41) is 4.97. The van der Waals surface area contributed by atoms with Gasteiger partial charge < -0.3 is 9.13 Å². The summed E-state index contributed by atoms with van der Waals surface area (Å²) in [5.74, 6) is 0.715. The van der Waals surface area contributed by atoms with E-state index in [2.05, 4.69) is 203 Å². The molecule has 0 bridgehead atoms. The summed E-state index contributed by atoms with van der Waals surface area (Å²) in [7, 11) is 0. The quantitative estimate of drug-likeness (QED) is 0.161. The molecule has 4 heteroatoms. The zero-order valence-electron chi connectivity index (χ0n) is 33.7. The van der Waals surface area contributed by atoms with Gasteiger partial charge >= 0.3 is 0 Å². The van der Waals surface area contributed by atoms with Crippen LogP contribution in [-0.4, -0.2) is 19.1 Å². The van der Waals surface area contributed by atoms with Crippen molar-refractivity contribution in [3.63, 3.8) is 0 Å². The summed E-state index contributed by atoms with van der Waals surface area (Å²) in [6.07, 6.45) is 0. The average Bonchev–Trinajstić information content (AvgIpc) is 3.87. The van der Waals surface area contributed by atoms with Gasteiger partial charge in [0.1, 0.15) is 0 Å². The molecule has 0 N–H and O–H groups in total. The Balaban J connectivity index is 0.893. The Kier molecular flexibility index (Phi) is 8.46. The highest BCUT2D eigenvalue weighted by molar-refractivity contribution is 6.11. The Hall–Kier alpha value is -8.34.